The number of hydrogen-bond donors (Lipinski definition) is 1. The zero-order valence-corrected chi connectivity index (χ0v) is 12.6. The van der Waals surface area contributed by atoms with Gasteiger partial charge in [-0.15, -0.1) is 0 Å². The van der Waals surface area contributed by atoms with Gasteiger partial charge in [-0.2, -0.15) is 0 Å². The van der Waals surface area contributed by atoms with E-state index in [2.05, 4.69) is 30.1 Å². The van der Waals surface area contributed by atoms with Crippen molar-refractivity contribution in [1.82, 2.24) is 10.2 Å². The molecule has 0 radical (unpaired) electrons. The Morgan fingerprint density at radius 3 is 2.90 bits per heavy atom. The molecule has 0 bridgehead atoms. The third-order valence-corrected chi connectivity index (χ3v) is 3.78. The minimum absolute atomic E-state index is 0.0875. The molecule has 0 spiro atoms. The number of nitrogens with zero attached hydrogens (tertiary/aromatic N) is 1. The Balaban J connectivity index is 1.97. The summed E-state index contributed by atoms with van der Waals surface area (Å²) in [5.41, 5.74) is 3.42. The Labute approximate surface area is 121 Å². The minimum Gasteiger partial charge on any atom is -0.313 e. The Morgan fingerprint density at radius 2 is 2.20 bits per heavy atom. The molecule has 0 aromatic heterocycles. The molecule has 0 saturated heterocycles. The van der Waals surface area contributed by atoms with E-state index in [0.717, 1.165) is 44.6 Å². The van der Waals surface area contributed by atoms with Crippen LogP contribution in [0.25, 0.3) is 0 Å². The molecular formula is C17H25FN2. The SMILES string of the molecule is CCCNCc1ccc(F)c(CN2CC=C(C)CC2)c1. The molecule has 2 nitrogen and oxygen atoms in total. The molecule has 0 atom stereocenters. The molecule has 0 fully saturated rings. The highest BCUT2D eigenvalue weighted by atomic mass is 19.1. The van der Waals surface area contributed by atoms with Crippen molar-refractivity contribution in [2.24, 2.45) is 0 Å². The van der Waals surface area contributed by atoms with Crippen molar-refractivity contribution in [2.75, 3.05) is 19.6 Å². The van der Waals surface area contributed by atoms with Crippen LogP contribution in [-0.4, -0.2) is 24.5 Å². The van der Waals surface area contributed by atoms with E-state index in [0.29, 0.717) is 6.54 Å². The maximum absolute atomic E-state index is 13.9. The van der Waals surface area contributed by atoms with E-state index in [-0.39, 0.29) is 5.82 Å². The van der Waals surface area contributed by atoms with Gasteiger partial charge in [-0.05, 0) is 37.9 Å². The van der Waals surface area contributed by atoms with E-state index in [1.165, 1.54) is 11.1 Å². The second kappa shape index (κ2) is 7.55. The van der Waals surface area contributed by atoms with Crippen molar-refractivity contribution in [2.45, 2.75) is 39.8 Å². The number of benzene rings is 1. The molecule has 1 aliphatic rings. The van der Waals surface area contributed by atoms with Crippen LogP contribution in [-0.2, 0) is 13.1 Å². The largest absolute Gasteiger partial charge is 0.313 e. The summed E-state index contributed by atoms with van der Waals surface area (Å²) in [5.74, 6) is -0.0875. The molecule has 1 N–H and O–H groups in total. The highest BCUT2D eigenvalue weighted by Gasteiger charge is 2.12. The van der Waals surface area contributed by atoms with E-state index < -0.39 is 0 Å². The fraction of sp³-hybridized carbons (Fsp3) is 0.529. The highest BCUT2D eigenvalue weighted by molar-refractivity contribution is 5.25. The normalized spacial score (nSPS) is 16.2. The predicted molar refractivity (Wildman–Crippen MR) is 82.0 cm³/mol. The van der Waals surface area contributed by atoms with Gasteiger partial charge in [0.15, 0.2) is 0 Å². The molecule has 1 heterocycles. The summed E-state index contributed by atoms with van der Waals surface area (Å²) < 4.78 is 13.9. The molecule has 0 amide bonds. The highest BCUT2D eigenvalue weighted by Crippen LogP contribution is 2.17. The first kappa shape index (κ1) is 15.2. The molecule has 0 saturated carbocycles. The average molecular weight is 276 g/mol. The topological polar surface area (TPSA) is 15.3 Å². The molecule has 1 aromatic carbocycles. The van der Waals surface area contributed by atoms with E-state index in [1.807, 2.05) is 12.1 Å². The van der Waals surface area contributed by atoms with E-state index in [9.17, 15) is 4.39 Å². The number of nitrogens with one attached hydrogen (secondary N) is 1. The average Bonchev–Trinajstić information content (AvgIpc) is 2.45. The zero-order valence-electron chi connectivity index (χ0n) is 12.6. The summed E-state index contributed by atoms with van der Waals surface area (Å²) in [6.07, 6.45) is 4.46. The van der Waals surface area contributed by atoms with E-state index in [4.69, 9.17) is 0 Å². The first-order chi connectivity index (χ1) is 9.69. The van der Waals surface area contributed by atoms with Gasteiger partial charge in [0, 0.05) is 31.7 Å². The monoisotopic (exact) mass is 276 g/mol. The molecule has 20 heavy (non-hydrogen) atoms. The van der Waals surface area contributed by atoms with Crippen molar-refractivity contribution in [3.8, 4) is 0 Å². The van der Waals surface area contributed by atoms with Crippen LogP contribution in [0.15, 0.2) is 29.8 Å². The fourth-order valence-corrected chi connectivity index (χ4v) is 2.47. The molecule has 2 rings (SSSR count). The molecule has 0 unspecified atom stereocenters. The quantitative estimate of drug-likeness (QED) is 0.632. The van der Waals surface area contributed by atoms with Crippen LogP contribution in [0.3, 0.4) is 0 Å². The lowest BCUT2D eigenvalue weighted by Crippen LogP contribution is -2.28. The van der Waals surface area contributed by atoms with Crippen molar-refractivity contribution in [3.05, 3.63) is 46.8 Å². The molecule has 110 valence electrons. The summed E-state index contributed by atoms with van der Waals surface area (Å²) in [4.78, 5) is 2.30. The second-order valence-corrected chi connectivity index (χ2v) is 5.64. The van der Waals surface area contributed by atoms with Gasteiger partial charge < -0.3 is 5.32 Å². The van der Waals surface area contributed by atoms with Gasteiger partial charge in [0.2, 0.25) is 0 Å². The number of hydrogen-bond acceptors (Lipinski definition) is 2. The van der Waals surface area contributed by atoms with Crippen LogP contribution >= 0.6 is 0 Å². The van der Waals surface area contributed by atoms with Crippen LogP contribution in [0.2, 0.25) is 0 Å². The molecule has 3 heteroatoms. The molecule has 0 aliphatic carbocycles. The van der Waals surface area contributed by atoms with Gasteiger partial charge in [-0.1, -0.05) is 30.7 Å². The summed E-state index contributed by atoms with van der Waals surface area (Å²) in [6.45, 7) is 8.80. The molecule has 1 aliphatic heterocycles. The first-order valence-corrected chi connectivity index (χ1v) is 7.55. The van der Waals surface area contributed by atoms with Crippen LogP contribution in [0.1, 0.15) is 37.8 Å². The summed E-state index contributed by atoms with van der Waals surface area (Å²) in [5, 5.41) is 3.36. The maximum atomic E-state index is 13.9. The Hall–Kier alpha value is -1.19. The van der Waals surface area contributed by atoms with Gasteiger partial charge in [0.25, 0.3) is 0 Å². The van der Waals surface area contributed by atoms with Crippen LogP contribution in [0.5, 0.6) is 0 Å². The van der Waals surface area contributed by atoms with Crippen molar-refractivity contribution in [3.63, 3.8) is 0 Å². The predicted octanol–water partition coefficient (Wildman–Crippen LogP) is 3.48. The van der Waals surface area contributed by atoms with Crippen molar-refractivity contribution in [1.29, 1.82) is 0 Å². The third-order valence-electron chi connectivity index (χ3n) is 3.78. The van der Waals surface area contributed by atoms with Gasteiger partial charge in [0.05, 0.1) is 0 Å². The smallest absolute Gasteiger partial charge is 0.127 e. The Bertz CT molecular complexity index is 468. The third kappa shape index (κ3) is 4.43. The zero-order chi connectivity index (χ0) is 14.4. The maximum Gasteiger partial charge on any atom is 0.127 e. The minimum atomic E-state index is -0.0875. The summed E-state index contributed by atoms with van der Waals surface area (Å²) >= 11 is 0. The van der Waals surface area contributed by atoms with Gasteiger partial charge in [-0.3, -0.25) is 4.90 Å². The van der Waals surface area contributed by atoms with Gasteiger partial charge in [0.1, 0.15) is 5.82 Å². The summed E-state index contributed by atoms with van der Waals surface area (Å²) in [7, 11) is 0. The van der Waals surface area contributed by atoms with Crippen molar-refractivity contribution >= 4 is 0 Å². The van der Waals surface area contributed by atoms with Crippen molar-refractivity contribution < 1.29 is 4.39 Å². The van der Waals surface area contributed by atoms with Crippen LogP contribution < -0.4 is 5.32 Å². The van der Waals surface area contributed by atoms with E-state index >= 15 is 0 Å². The Kier molecular flexibility index (Phi) is 5.74. The lowest BCUT2D eigenvalue weighted by molar-refractivity contribution is 0.281. The number of rotatable bonds is 6. The Morgan fingerprint density at radius 1 is 1.35 bits per heavy atom. The van der Waals surface area contributed by atoms with Gasteiger partial charge >= 0.3 is 0 Å². The van der Waals surface area contributed by atoms with Crippen LogP contribution in [0, 0.1) is 5.82 Å². The lowest BCUT2D eigenvalue weighted by atomic mass is 10.1. The molecular weight excluding hydrogens is 251 g/mol. The van der Waals surface area contributed by atoms with Crippen LogP contribution in [0.4, 0.5) is 4.39 Å². The fourth-order valence-electron chi connectivity index (χ4n) is 2.47. The molecule has 1 aromatic rings. The first-order valence-electron chi connectivity index (χ1n) is 7.55. The number of halogens is 1. The standard InChI is InChI=1S/C17H25FN2/c1-3-8-19-12-15-4-5-17(18)16(11-15)13-20-9-6-14(2)7-10-20/h4-6,11,19H,3,7-10,12-13H2,1-2H3. The second-order valence-electron chi connectivity index (χ2n) is 5.64. The summed E-state index contributed by atoms with van der Waals surface area (Å²) in [6, 6.07) is 5.48. The lowest BCUT2D eigenvalue weighted by Gasteiger charge is -2.25. The van der Waals surface area contributed by atoms with E-state index in [1.54, 1.807) is 6.07 Å². The van der Waals surface area contributed by atoms with Gasteiger partial charge in [-0.25, -0.2) is 4.39 Å².